The van der Waals surface area contributed by atoms with Crippen molar-refractivity contribution < 1.29 is 23.8 Å². The van der Waals surface area contributed by atoms with Gasteiger partial charge in [-0.1, -0.05) is 0 Å². The molecule has 2 fully saturated rings. The van der Waals surface area contributed by atoms with Gasteiger partial charge in [-0.2, -0.15) is 0 Å². The Kier molecular flexibility index (Phi) is 5.44. The molecule has 3 aliphatic rings. The molecule has 28 heavy (non-hydrogen) atoms. The third kappa shape index (κ3) is 3.32. The van der Waals surface area contributed by atoms with E-state index in [2.05, 4.69) is 5.32 Å². The van der Waals surface area contributed by atoms with Crippen LogP contribution < -0.4 is 14.8 Å². The molecule has 1 N–H and O–H groups in total. The van der Waals surface area contributed by atoms with Crippen LogP contribution in [0.15, 0.2) is 12.1 Å². The maximum atomic E-state index is 13.3. The second-order valence-corrected chi connectivity index (χ2v) is 7.71. The number of hydrogen-bond acceptors (Lipinski definition) is 5. The third-order valence-corrected chi connectivity index (χ3v) is 6.13. The molecular weight excluding hydrogens is 360 g/mol. The Morgan fingerprint density at radius 1 is 1.18 bits per heavy atom. The molecule has 0 aliphatic carbocycles. The van der Waals surface area contributed by atoms with E-state index in [1.54, 1.807) is 26.4 Å². The first-order chi connectivity index (χ1) is 13.6. The number of carbonyl (C=O) groups is 2. The highest BCUT2D eigenvalue weighted by Gasteiger charge is 2.45. The summed E-state index contributed by atoms with van der Waals surface area (Å²) < 4.78 is 16.5. The zero-order chi connectivity index (χ0) is 19.7. The summed E-state index contributed by atoms with van der Waals surface area (Å²) >= 11 is 0. The topological polar surface area (TPSA) is 77.1 Å². The molecule has 4 rings (SSSR count). The highest BCUT2D eigenvalue weighted by atomic mass is 16.5. The zero-order valence-corrected chi connectivity index (χ0v) is 16.5. The maximum Gasteiger partial charge on any atom is 0.254 e. The molecule has 1 aromatic carbocycles. The fourth-order valence-corrected chi connectivity index (χ4v) is 4.70. The summed E-state index contributed by atoms with van der Waals surface area (Å²) in [6.07, 6.45) is 4.91. The van der Waals surface area contributed by atoms with Gasteiger partial charge in [-0.05, 0) is 49.8 Å². The number of ether oxygens (including phenoxy) is 3. The van der Waals surface area contributed by atoms with E-state index in [-0.39, 0.29) is 24.0 Å². The number of benzene rings is 1. The average Bonchev–Trinajstić information content (AvgIpc) is 3.25. The van der Waals surface area contributed by atoms with E-state index in [1.807, 2.05) is 4.90 Å². The van der Waals surface area contributed by atoms with E-state index >= 15 is 0 Å². The van der Waals surface area contributed by atoms with Crippen molar-refractivity contribution in [2.75, 3.05) is 33.9 Å². The predicted octanol–water partition coefficient (Wildman–Crippen LogP) is 2.09. The minimum Gasteiger partial charge on any atom is -0.493 e. The van der Waals surface area contributed by atoms with Crippen molar-refractivity contribution in [1.29, 1.82) is 0 Å². The Morgan fingerprint density at radius 3 is 2.68 bits per heavy atom. The second kappa shape index (κ2) is 7.99. The Labute approximate surface area is 165 Å². The summed E-state index contributed by atoms with van der Waals surface area (Å²) in [5.41, 5.74) is 1.27. The number of hydrogen-bond donors (Lipinski definition) is 1. The molecule has 152 valence electrons. The molecular formula is C21H28N2O5. The van der Waals surface area contributed by atoms with Crippen LogP contribution in [0, 0.1) is 0 Å². The van der Waals surface area contributed by atoms with Crippen LogP contribution in [0.25, 0.3) is 0 Å². The summed E-state index contributed by atoms with van der Waals surface area (Å²) in [6.45, 7) is 1.96. The minimum atomic E-state index is -0.408. The Morgan fingerprint density at radius 2 is 1.96 bits per heavy atom. The van der Waals surface area contributed by atoms with Gasteiger partial charge < -0.3 is 24.4 Å². The first-order valence-corrected chi connectivity index (χ1v) is 10.1. The molecule has 0 aromatic heterocycles. The van der Waals surface area contributed by atoms with E-state index in [9.17, 15) is 9.59 Å². The second-order valence-electron chi connectivity index (χ2n) is 7.71. The summed E-state index contributed by atoms with van der Waals surface area (Å²) in [5.74, 6) is 0.560. The summed E-state index contributed by atoms with van der Waals surface area (Å²) in [7, 11) is 3.11. The van der Waals surface area contributed by atoms with E-state index in [0.717, 1.165) is 44.3 Å². The van der Waals surface area contributed by atoms with Crippen LogP contribution in [0.3, 0.4) is 0 Å². The van der Waals surface area contributed by atoms with Gasteiger partial charge in [0.25, 0.3) is 5.91 Å². The molecule has 0 radical (unpaired) electrons. The molecule has 1 aromatic rings. The smallest absolute Gasteiger partial charge is 0.254 e. The number of nitrogens with one attached hydrogen (secondary N) is 1. The molecule has 3 aliphatic heterocycles. The lowest BCUT2D eigenvalue weighted by Crippen LogP contribution is -2.54. The number of fused-ring (bicyclic) bond motifs is 2. The first kappa shape index (κ1) is 19.1. The largest absolute Gasteiger partial charge is 0.493 e. The normalized spacial score (nSPS) is 26.4. The lowest BCUT2D eigenvalue weighted by molar-refractivity contribution is -0.125. The van der Waals surface area contributed by atoms with Gasteiger partial charge in [0, 0.05) is 31.3 Å². The number of methoxy groups -OCH3 is 2. The van der Waals surface area contributed by atoms with Crippen LogP contribution in [-0.4, -0.2) is 62.8 Å². The fraction of sp³-hybridized carbons (Fsp3) is 0.619. The molecule has 0 bridgehead atoms. The highest BCUT2D eigenvalue weighted by molar-refractivity contribution is 6.02. The number of nitrogens with zero attached hydrogens (tertiary/aromatic N) is 1. The van der Waals surface area contributed by atoms with Crippen molar-refractivity contribution in [3.05, 3.63) is 23.3 Å². The standard InChI is InChI=1S/C21H28N2O5/c1-26-17-10-14-15(11-18(17)27-2)21(25)23-8-4-3-7-16(23)19(14)20(24)22-12-13-6-5-9-28-13/h10-11,13,16,19H,3-9,12H2,1-2H3,(H,22,24). The lowest BCUT2D eigenvalue weighted by Gasteiger charge is -2.44. The molecule has 0 saturated carbocycles. The van der Waals surface area contributed by atoms with Crippen LogP contribution >= 0.6 is 0 Å². The van der Waals surface area contributed by atoms with Crippen molar-refractivity contribution in [2.45, 2.75) is 50.2 Å². The van der Waals surface area contributed by atoms with E-state index in [4.69, 9.17) is 14.2 Å². The molecule has 0 spiro atoms. The van der Waals surface area contributed by atoms with E-state index < -0.39 is 5.92 Å². The highest BCUT2D eigenvalue weighted by Crippen LogP contribution is 2.42. The van der Waals surface area contributed by atoms with Crippen LogP contribution in [-0.2, 0) is 9.53 Å². The van der Waals surface area contributed by atoms with Gasteiger partial charge in [-0.25, -0.2) is 0 Å². The molecule has 3 atom stereocenters. The van der Waals surface area contributed by atoms with Gasteiger partial charge in [0.1, 0.15) is 0 Å². The van der Waals surface area contributed by atoms with Crippen LogP contribution in [0.5, 0.6) is 11.5 Å². The SMILES string of the molecule is COc1cc2c(cc1OC)C(C(=O)NCC1CCCO1)C1CCCCN1C2=O. The van der Waals surface area contributed by atoms with E-state index in [1.165, 1.54) is 0 Å². The van der Waals surface area contributed by atoms with E-state index in [0.29, 0.717) is 30.2 Å². The van der Waals surface area contributed by atoms with Crippen LogP contribution in [0.4, 0.5) is 0 Å². The predicted molar refractivity (Wildman–Crippen MR) is 103 cm³/mol. The molecule has 7 nitrogen and oxygen atoms in total. The summed E-state index contributed by atoms with van der Waals surface area (Å²) in [4.78, 5) is 28.3. The van der Waals surface area contributed by atoms with Gasteiger partial charge in [0.05, 0.1) is 26.2 Å². The van der Waals surface area contributed by atoms with Crippen LogP contribution in [0.2, 0.25) is 0 Å². The van der Waals surface area contributed by atoms with Crippen molar-refractivity contribution in [3.8, 4) is 11.5 Å². The monoisotopic (exact) mass is 388 g/mol. The average molecular weight is 388 g/mol. The van der Waals surface area contributed by atoms with Gasteiger partial charge in [0.15, 0.2) is 11.5 Å². The molecule has 2 saturated heterocycles. The van der Waals surface area contributed by atoms with Crippen molar-refractivity contribution in [3.63, 3.8) is 0 Å². The van der Waals surface area contributed by atoms with Crippen LogP contribution in [0.1, 0.15) is 53.9 Å². The molecule has 3 heterocycles. The third-order valence-electron chi connectivity index (χ3n) is 6.13. The Bertz CT molecular complexity index is 759. The van der Waals surface area contributed by atoms with Gasteiger partial charge in [-0.3, -0.25) is 9.59 Å². The first-order valence-electron chi connectivity index (χ1n) is 10.1. The number of amides is 2. The zero-order valence-electron chi connectivity index (χ0n) is 16.5. The number of piperidine rings is 1. The van der Waals surface area contributed by atoms with Gasteiger partial charge >= 0.3 is 0 Å². The number of rotatable bonds is 5. The fourth-order valence-electron chi connectivity index (χ4n) is 4.70. The Hall–Kier alpha value is -2.28. The summed E-state index contributed by atoms with van der Waals surface area (Å²) in [5, 5.41) is 3.08. The lowest BCUT2D eigenvalue weighted by atomic mass is 9.78. The number of carbonyl (C=O) groups excluding carboxylic acids is 2. The quantitative estimate of drug-likeness (QED) is 0.836. The summed E-state index contributed by atoms with van der Waals surface area (Å²) in [6, 6.07) is 3.40. The van der Waals surface area contributed by atoms with Gasteiger partial charge in [0.2, 0.25) is 5.91 Å². The Balaban J connectivity index is 1.69. The van der Waals surface area contributed by atoms with Crippen molar-refractivity contribution in [2.24, 2.45) is 0 Å². The minimum absolute atomic E-state index is 0.0242. The molecule has 3 unspecified atom stereocenters. The molecule has 2 amide bonds. The van der Waals surface area contributed by atoms with Gasteiger partial charge in [-0.15, -0.1) is 0 Å². The van der Waals surface area contributed by atoms with Crippen molar-refractivity contribution >= 4 is 11.8 Å². The maximum absolute atomic E-state index is 13.3. The molecule has 7 heteroatoms. The van der Waals surface area contributed by atoms with Crippen molar-refractivity contribution in [1.82, 2.24) is 10.2 Å².